The summed E-state index contributed by atoms with van der Waals surface area (Å²) >= 11 is 0. The van der Waals surface area contributed by atoms with Gasteiger partial charge in [-0.3, -0.25) is 9.59 Å². The lowest BCUT2D eigenvalue weighted by molar-refractivity contribution is -0.120. The Morgan fingerprint density at radius 2 is 0.783 bits per heavy atom. The lowest BCUT2D eigenvalue weighted by atomic mass is 10.1. The summed E-state index contributed by atoms with van der Waals surface area (Å²) in [4.78, 5) is 63.8. The molecule has 7 N–H and O–H groups in total. The predicted molar refractivity (Wildman–Crippen MR) is 343 cm³/mol. The van der Waals surface area contributed by atoms with Crippen LogP contribution in [-0.2, 0) is 47.4 Å². The number of H-pyrrole nitrogens is 2. The zero-order chi connectivity index (χ0) is 63.9. The molecule has 92 heavy (non-hydrogen) atoms. The van der Waals surface area contributed by atoms with E-state index in [4.69, 9.17) is 103 Å². The van der Waals surface area contributed by atoms with Crippen molar-refractivity contribution in [1.29, 1.82) is 0 Å². The van der Waals surface area contributed by atoms with Crippen molar-refractivity contribution in [3.63, 3.8) is 0 Å². The molecule has 5 aromatic carbocycles. The molecule has 0 saturated carbocycles. The smallest absolute Gasteiger partial charge is 0.251 e. The third-order valence-electron chi connectivity index (χ3n) is 14.6. The zero-order valence-electron chi connectivity index (χ0n) is 51.8. The number of unbranched alkanes of at least 4 members (excludes halogenated alkanes) is 1. The number of aromatic amines is 2. The van der Waals surface area contributed by atoms with Gasteiger partial charge < -0.3 is 88.3 Å². The minimum absolute atomic E-state index is 0.271. The van der Waals surface area contributed by atoms with Crippen molar-refractivity contribution in [3.05, 3.63) is 103 Å². The predicted octanol–water partition coefficient (Wildman–Crippen LogP) is 7.55. The number of amides is 2. The lowest BCUT2D eigenvalue weighted by Crippen LogP contribution is -2.44. The number of carbonyl (C=O) groups excluding carboxylic acids is 2. The summed E-state index contributed by atoms with van der Waals surface area (Å²) in [6.07, 6.45) is 1.72. The van der Waals surface area contributed by atoms with E-state index in [0.717, 1.165) is 5.39 Å². The van der Waals surface area contributed by atoms with E-state index in [1.165, 1.54) is 0 Å². The minimum Gasteiger partial charge on any atom is -0.491 e. The number of nitrogens with one attached hydrogen (secondary N) is 3. The van der Waals surface area contributed by atoms with Crippen molar-refractivity contribution in [2.24, 2.45) is 11.5 Å². The fraction of sp³-hybridized carbons (Fsp3) is 0.394. The van der Waals surface area contributed by atoms with Gasteiger partial charge in [-0.15, -0.1) is 0 Å². The van der Waals surface area contributed by atoms with Gasteiger partial charge in [0, 0.05) is 70.7 Å². The summed E-state index contributed by atoms with van der Waals surface area (Å²) in [6, 6.07) is 28.3. The number of benzene rings is 5. The SMILES string of the molecule is COCCOCCOCCOc1ccc2c(c1)-c1nc-2nc2[nH]c(nc3nc(nc4[nH]c(n1)c1ccc(OCCOCCOCCOC)cc41)-c1ccc(OCCOCCOCCOC)cc1-3)c1ccc(Oc3ccc(C(=O)N[C@@H](CCCCN)C(N)=O)cc3)cc21. The van der Waals surface area contributed by atoms with Gasteiger partial charge in [-0.05, 0) is 123 Å². The summed E-state index contributed by atoms with van der Waals surface area (Å²) < 4.78 is 74.3. The number of hydrogen-bond donors (Lipinski definition) is 5. The number of primary amides is 1. The first kappa shape index (κ1) is 66.1. The first-order valence-corrected chi connectivity index (χ1v) is 30.5. The third kappa shape index (κ3) is 17.8. The second kappa shape index (κ2) is 34.0. The van der Waals surface area contributed by atoms with Crippen LogP contribution < -0.4 is 35.7 Å². The molecule has 8 aromatic rings. The highest BCUT2D eigenvalue weighted by molar-refractivity contribution is 6.07. The molecule has 1 atom stereocenters. The normalized spacial score (nSPS) is 12.0. The van der Waals surface area contributed by atoms with E-state index in [1.54, 1.807) is 45.6 Å². The molecule has 2 aliphatic heterocycles. The summed E-state index contributed by atoms with van der Waals surface area (Å²) in [5.74, 6) is 2.97. The fourth-order valence-electron chi connectivity index (χ4n) is 9.92. The molecule has 0 aliphatic carbocycles. The second-order valence-corrected chi connectivity index (χ2v) is 21.0. The van der Waals surface area contributed by atoms with Crippen molar-refractivity contribution in [1.82, 2.24) is 45.2 Å². The molecular weight excluding hydrogens is 1190 g/mol. The van der Waals surface area contributed by atoms with Gasteiger partial charge in [-0.2, -0.15) is 0 Å². The van der Waals surface area contributed by atoms with E-state index in [1.807, 2.05) is 72.8 Å². The minimum atomic E-state index is -0.836. The molecule has 2 aliphatic rings. The molecule has 0 unspecified atom stereocenters. The number of carbonyl (C=O) groups is 2. The van der Waals surface area contributed by atoms with Crippen LogP contribution in [0.25, 0.3) is 89.7 Å². The highest BCUT2D eigenvalue weighted by atomic mass is 16.6. The van der Waals surface area contributed by atoms with Crippen molar-refractivity contribution in [2.45, 2.75) is 25.3 Å². The summed E-state index contributed by atoms with van der Waals surface area (Å²) in [5, 5.41) is 5.49. The number of nitrogens with two attached hydrogens (primary N) is 2. The maximum Gasteiger partial charge on any atom is 0.251 e. The maximum atomic E-state index is 13.3. The van der Waals surface area contributed by atoms with E-state index in [-0.39, 0.29) is 19.8 Å². The molecular formula is C66H77N11O15. The summed E-state index contributed by atoms with van der Waals surface area (Å²) in [5.41, 5.74) is 16.0. The van der Waals surface area contributed by atoms with Crippen LogP contribution in [0, 0.1) is 0 Å². The average Bonchev–Trinajstić information content (AvgIpc) is 1.63. The number of fused-ring (bicyclic) bond motifs is 20. The number of methoxy groups -OCH3 is 3. The molecule has 486 valence electrons. The van der Waals surface area contributed by atoms with Crippen LogP contribution in [0.5, 0.6) is 28.7 Å². The topological polar surface area (TPSA) is 327 Å². The zero-order valence-corrected chi connectivity index (χ0v) is 51.8. The van der Waals surface area contributed by atoms with Crippen molar-refractivity contribution in [3.8, 4) is 74.3 Å². The Kier molecular flexibility index (Phi) is 24.5. The second-order valence-electron chi connectivity index (χ2n) is 21.0. The van der Waals surface area contributed by atoms with Gasteiger partial charge in [0.25, 0.3) is 5.91 Å². The van der Waals surface area contributed by atoms with Crippen molar-refractivity contribution in [2.75, 3.05) is 147 Å². The van der Waals surface area contributed by atoms with Gasteiger partial charge >= 0.3 is 0 Å². The Labute approximate surface area is 530 Å². The molecule has 0 saturated heterocycles. The number of rotatable bonds is 39. The molecule has 0 radical (unpaired) electrons. The monoisotopic (exact) mass is 1260 g/mol. The summed E-state index contributed by atoms with van der Waals surface area (Å²) in [7, 11) is 4.89. The molecule has 8 bridgehead atoms. The van der Waals surface area contributed by atoms with E-state index in [0.29, 0.717) is 244 Å². The van der Waals surface area contributed by atoms with Gasteiger partial charge in [0.1, 0.15) is 77.2 Å². The number of aromatic nitrogens is 8. The molecule has 26 heteroatoms. The Morgan fingerprint density at radius 1 is 0.413 bits per heavy atom. The molecule has 0 spiro atoms. The van der Waals surface area contributed by atoms with Crippen LogP contribution in [-0.4, -0.2) is 205 Å². The first-order chi connectivity index (χ1) is 45.2. The largest absolute Gasteiger partial charge is 0.491 e. The van der Waals surface area contributed by atoms with Gasteiger partial charge in [0.15, 0.2) is 23.3 Å². The number of hydrogen-bond acceptors (Lipinski definition) is 22. The quantitative estimate of drug-likeness (QED) is 0.0232. The molecule has 0 fully saturated rings. The van der Waals surface area contributed by atoms with Gasteiger partial charge in [0.05, 0.1) is 99.1 Å². The molecule has 2 amide bonds. The molecule has 3 aromatic heterocycles. The van der Waals surface area contributed by atoms with Gasteiger partial charge in [-0.25, -0.2) is 29.9 Å². The maximum absolute atomic E-state index is 13.3. The lowest BCUT2D eigenvalue weighted by Gasteiger charge is -2.15. The standard InChI is InChI=1S/C66H77N11O15/c1-80-20-23-83-26-29-86-32-35-89-44-11-15-48-52(38-44)62-70-58(48)72-63-54-40-46(91-37-34-88-31-28-85-25-22-82-3)13-17-50(54)60(74-63)76-65-55-41-47(92-43-9-7-42(8-10-43)66(79)69-56(57(68)78)6-4-5-19-67)14-18-51(55)61(77-65)75-64-53-39-45(12-16-49(53)59(71-62)73-64)90-36-33-87-30-27-84-24-21-81-2/h7-18,38-41,56H,4-6,19-37,67H2,1-3H3,(H2,68,78)(H,69,79)(H2,70,71,72,73,74,75,76,77)/t56-/m0/s1. The summed E-state index contributed by atoms with van der Waals surface area (Å²) in [6.45, 7) is 7.78. The van der Waals surface area contributed by atoms with Gasteiger partial charge in [0.2, 0.25) is 5.91 Å². The van der Waals surface area contributed by atoms with E-state index < -0.39 is 17.9 Å². The highest BCUT2D eigenvalue weighted by Gasteiger charge is 2.25. The average molecular weight is 1260 g/mol. The van der Waals surface area contributed by atoms with Crippen molar-refractivity contribution >= 4 is 55.9 Å². The Balaban J connectivity index is 1.04. The number of ether oxygens (including phenoxy) is 13. The highest BCUT2D eigenvalue weighted by Crippen LogP contribution is 2.40. The Hall–Kier alpha value is -8.80. The van der Waals surface area contributed by atoms with Crippen LogP contribution in [0.4, 0.5) is 0 Å². The van der Waals surface area contributed by atoms with E-state index in [2.05, 4.69) is 15.3 Å². The van der Waals surface area contributed by atoms with E-state index in [9.17, 15) is 9.59 Å². The number of nitrogens with zero attached hydrogens (tertiary/aromatic N) is 6. The van der Waals surface area contributed by atoms with Crippen LogP contribution >= 0.6 is 0 Å². The van der Waals surface area contributed by atoms with Gasteiger partial charge in [-0.1, -0.05) is 0 Å². The van der Waals surface area contributed by atoms with Crippen LogP contribution in [0.3, 0.4) is 0 Å². The molecule has 26 nitrogen and oxygen atoms in total. The first-order valence-electron chi connectivity index (χ1n) is 30.5. The third-order valence-corrected chi connectivity index (χ3v) is 14.6. The Morgan fingerprint density at radius 3 is 1.22 bits per heavy atom. The van der Waals surface area contributed by atoms with Crippen molar-refractivity contribution < 1.29 is 71.2 Å². The Bertz CT molecular complexity index is 3900. The van der Waals surface area contributed by atoms with Crippen LogP contribution in [0.1, 0.15) is 29.6 Å². The van der Waals surface area contributed by atoms with Crippen LogP contribution in [0.15, 0.2) is 97.1 Å². The fourth-order valence-corrected chi connectivity index (χ4v) is 9.92. The van der Waals surface area contributed by atoms with E-state index >= 15 is 0 Å². The van der Waals surface area contributed by atoms with Crippen LogP contribution in [0.2, 0.25) is 0 Å². The molecule has 10 rings (SSSR count). The molecule has 5 heterocycles.